The van der Waals surface area contributed by atoms with Crippen LogP contribution in [0.3, 0.4) is 0 Å². The standard InChI is InChI=1S/C21H20FN3O3S/c1-14(26)23-16-10-8-15(9-11-16)18-13-29-21(24-18)25-20(27)7-4-12-28-19-6-3-2-5-17(19)22/h2-3,5-6,8-11,13H,4,7,12H2,1H3,(H,23,26)(H,24,25,27). The minimum absolute atomic E-state index is 0.129. The van der Waals surface area contributed by atoms with Crippen molar-refractivity contribution in [2.45, 2.75) is 19.8 Å². The number of carbonyl (C=O) groups excluding carboxylic acids is 2. The second-order valence-electron chi connectivity index (χ2n) is 6.23. The van der Waals surface area contributed by atoms with Gasteiger partial charge in [-0.1, -0.05) is 24.3 Å². The van der Waals surface area contributed by atoms with E-state index in [-0.39, 0.29) is 30.6 Å². The normalized spacial score (nSPS) is 10.4. The van der Waals surface area contributed by atoms with Crippen LogP contribution in [0.2, 0.25) is 0 Å². The maximum Gasteiger partial charge on any atom is 0.226 e. The van der Waals surface area contributed by atoms with E-state index in [2.05, 4.69) is 15.6 Å². The summed E-state index contributed by atoms with van der Waals surface area (Å²) in [7, 11) is 0. The van der Waals surface area contributed by atoms with E-state index in [1.807, 2.05) is 17.5 Å². The molecule has 29 heavy (non-hydrogen) atoms. The van der Waals surface area contributed by atoms with Crippen molar-refractivity contribution in [1.82, 2.24) is 4.98 Å². The van der Waals surface area contributed by atoms with Crippen LogP contribution in [0, 0.1) is 5.82 Å². The highest BCUT2D eigenvalue weighted by molar-refractivity contribution is 7.14. The third-order valence-corrected chi connectivity index (χ3v) is 4.65. The number of amides is 2. The van der Waals surface area contributed by atoms with Crippen LogP contribution in [-0.4, -0.2) is 23.4 Å². The molecule has 8 heteroatoms. The average molecular weight is 413 g/mol. The SMILES string of the molecule is CC(=O)Nc1ccc(-c2csc(NC(=O)CCCOc3ccccc3F)n2)cc1. The van der Waals surface area contributed by atoms with Crippen molar-refractivity contribution < 1.29 is 18.7 Å². The second-order valence-corrected chi connectivity index (χ2v) is 7.09. The molecule has 6 nitrogen and oxygen atoms in total. The van der Waals surface area contributed by atoms with Crippen molar-refractivity contribution in [2.75, 3.05) is 17.2 Å². The van der Waals surface area contributed by atoms with Crippen LogP contribution in [0.25, 0.3) is 11.3 Å². The zero-order chi connectivity index (χ0) is 20.6. The lowest BCUT2D eigenvalue weighted by Gasteiger charge is -2.06. The molecule has 0 spiro atoms. The molecule has 0 radical (unpaired) electrons. The van der Waals surface area contributed by atoms with Crippen LogP contribution in [0.15, 0.2) is 53.9 Å². The predicted molar refractivity (Wildman–Crippen MR) is 112 cm³/mol. The van der Waals surface area contributed by atoms with E-state index in [1.165, 1.54) is 24.3 Å². The molecule has 2 N–H and O–H groups in total. The number of rotatable bonds is 8. The maximum atomic E-state index is 13.5. The van der Waals surface area contributed by atoms with Crippen LogP contribution in [0.1, 0.15) is 19.8 Å². The van der Waals surface area contributed by atoms with Crippen molar-refractivity contribution in [3.8, 4) is 17.0 Å². The van der Waals surface area contributed by atoms with Crippen LogP contribution in [-0.2, 0) is 9.59 Å². The van der Waals surface area contributed by atoms with Gasteiger partial charge in [-0.2, -0.15) is 0 Å². The lowest BCUT2D eigenvalue weighted by atomic mass is 10.1. The van der Waals surface area contributed by atoms with E-state index in [0.29, 0.717) is 17.2 Å². The van der Waals surface area contributed by atoms with Gasteiger partial charge in [0, 0.05) is 30.0 Å². The van der Waals surface area contributed by atoms with Gasteiger partial charge in [0.25, 0.3) is 0 Å². The Hall–Kier alpha value is -3.26. The largest absolute Gasteiger partial charge is 0.491 e. The third-order valence-electron chi connectivity index (χ3n) is 3.89. The van der Waals surface area contributed by atoms with E-state index >= 15 is 0 Å². The van der Waals surface area contributed by atoms with Gasteiger partial charge in [0.1, 0.15) is 0 Å². The highest BCUT2D eigenvalue weighted by Gasteiger charge is 2.09. The van der Waals surface area contributed by atoms with Crippen LogP contribution in [0.5, 0.6) is 5.75 Å². The smallest absolute Gasteiger partial charge is 0.226 e. The number of para-hydroxylation sites is 1. The van der Waals surface area contributed by atoms with Crippen molar-refractivity contribution >= 4 is 34.0 Å². The monoisotopic (exact) mass is 413 g/mol. The molecule has 150 valence electrons. The number of benzene rings is 2. The fraction of sp³-hybridized carbons (Fsp3) is 0.190. The summed E-state index contributed by atoms with van der Waals surface area (Å²) in [6.45, 7) is 1.70. The Morgan fingerprint density at radius 2 is 1.86 bits per heavy atom. The third kappa shape index (κ3) is 6.11. The Morgan fingerprint density at radius 3 is 2.59 bits per heavy atom. The lowest BCUT2D eigenvalue weighted by molar-refractivity contribution is -0.116. The van der Waals surface area contributed by atoms with Gasteiger partial charge in [-0.3, -0.25) is 9.59 Å². The number of halogens is 1. The summed E-state index contributed by atoms with van der Waals surface area (Å²) >= 11 is 1.33. The molecule has 3 rings (SSSR count). The first-order chi connectivity index (χ1) is 14.0. The van der Waals surface area contributed by atoms with Crippen molar-refractivity contribution in [3.63, 3.8) is 0 Å². The molecule has 0 aliphatic heterocycles. The topological polar surface area (TPSA) is 80.3 Å². The molecule has 0 unspecified atom stereocenters. The summed E-state index contributed by atoms with van der Waals surface area (Å²) in [6, 6.07) is 13.5. The summed E-state index contributed by atoms with van der Waals surface area (Å²) in [4.78, 5) is 27.6. The first kappa shape index (κ1) is 20.5. The molecule has 2 amide bonds. The fourth-order valence-electron chi connectivity index (χ4n) is 2.55. The minimum atomic E-state index is -0.419. The zero-order valence-electron chi connectivity index (χ0n) is 15.8. The number of hydrogen-bond acceptors (Lipinski definition) is 5. The lowest BCUT2D eigenvalue weighted by Crippen LogP contribution is -2.12. The predicted octanol–water partition coefficient (Wildman–Crippen LogP) is 4.71. The summed E-state index contributed by atoms with van der Waals surface area (Å²) in [5.74, 6) is -0.542. The molecule has 0 saturated carbocycles. The number of carbonyl (C=O) groups is 2. The Bertz CT molecular complexity index is 989. The molecule has 0 fully saturated rings. The molecule has 0 saturated heterocycles. The van der Waals surface area contributed by atoms with Gasteiger partial charge in [0.2, 0.25) is 11.8 Å². The van der Waals surface area contributed by atoms with Gasteiger partial charge in [0.05, 0.1) is 12.3 Å². The Balaban J connectivity index is 1.46. The Morgan fingerprint density at radius 1 is 1.10 bits per heavy atom. The molecule has 0 bridgehead atoms. The van der Waals surface area contributed by atoms with Gasteiger partial charge in [-0.25, -0.2) is 9.37 Å². The van der Waals surface area contributed by atoms with Crippen LogP contribution in [0.4, 0.5) is 15.2 Å². The summed E-state index contributed by atoms with van der Waals surface area (Å²) in [5, 5.41) is 7.83. The van der Waals surface area contributed by atoms with Gasteiger partial charge in [0.15, 0.2) is 16.7 Å². The molecule has 1 heterocycles. The summed E-state index contributed by atoms with van der Waals surface area (Å²) < 4.78 is 18.8. The van der Waals surface area contributed by atoms with E-state index in [1.54, 1.807) is 30.3 Å². The van der Waals surface area contributed by atoms with Crippen molar-refractivity contribution in [3.05, 3.63) is 59.7 Å². The summed E-state index contributed by atoms with van der Waals surface area (Å²) in [5.41, 5.74) is 2.33. The van der Waals surface area contributed by atoms with Gasteiger partial charge >= 0.3 is 0 Å². The van der Waals surface area contributed by atoms with Gasteiger partial charge < -0.3 is 15.4 Å². The maximum absolute atomic E-state index is 13.5. The number of aromatic nitrogens is 1. The molecule has 0 aliphatic rings. The number of thiazole rings is 1. The van der Waals surface area contributed by atoms with Crippen molar-refractivity contribution in [1.29, 1.82) is 0 Å². The second kappa shape index (κ2) is 9.79. The highest BCUT2D eigenvalue weighted by Crippen LogP contribution is 2.26. The highest BCUT2D eigenvalue weighted by atomic mass is 32.1. The molecular formula is C21H20FN3O3S. The molecule has 0 atom stereocenters. The zero-order valence-corrected chi connectivity index (χ0v) is 16.6. The number of hydrogen-bond donors (Lipinski definition) is 2. The fourth-order valence-corrected chi connectivity index (χ4v) is 3.29. The van der Waals surface area contributed by atoms with Gasteiger partial charge in [-0.15, -0.1) is 11.3 Å². The first-order valence-electron chi connectivity index (χ1n) is 9.02. The first-order valence-corrected chi connectivity index (χ1v) is 9.90. The van der Waals surface area contributed by atoms with Crippen molar-refractivity contribution in [2.24, 2.45) is 0 Å². The Kier molecular flexibility index (Phi) is 6.91. The average Bonchev–Trinajstić information content (AvgIpc) is 3.15. The number of anilines is 2. The van der Waals surface area contributed by atoms with Crippen LogP contribution >= 0.6 is 11.3 Å². The number of nitrogens with one attached hydrogen (secondary N) is 2. The number of ether oxygens (including phenoxy) is 1. The number of nitrogens with zero attached hydrogens (tertiary/aromatic N) is 1. The minimum Gasteiger partial charge on any atom is -0.491 e. The molecule has 1 aromatic heterocycles. The van der Waals surface area contributed by atoms with Gasteiger partial charge in [-0.05, 0) is 30.7 Å². The molecule has 2 aromatic carbocycles. The summed E-state index contributed by atoms with van der Waals surface area (Å²) in [6.07, 6.45) is 0.706. The Labute approximate surface area is 171 Å². The van der Waals surface area contributed by atoms with E-state index < -0.39 is 5.82 Å². The van der Waals surface area contributed by atoms with E-state index in [9.17, 15) is 14.0 Å². The van der Waals surface area contributed by atoms with E-state index in [0.717, 1.165) is 11.3 Å². The molecule has 0 aliphatic carbocycles. The van der Waals surface area contributed by atoms with Crippen LogP contribution < -0.4 is 15.4 Å². The molecular weight excluding hydrogens is 393 g/mol. The van der Waals surface area contributed by atoms with E-state index in [4.69, 9.17) is 4.74 Å². The molecule has 3 aromatic rings. The quantitative estimate of drug-likeness (QED) is 0.525.